The van der Waals surface area contributed by atoms with Crippen LogP contribution in [0.15, 0.2) is 54.6 Å². The van der Waals surface area contributed by atoms with Crippen molar-refractivity contribution < 1.29 is 14.7 Å². The van der Waals surface area contributed by atoms with Crippen LogP contribution in [0.2, 0.25) is 0 Å². The Morgan fingerprint density at radius 3 is 2.28 bits per heavy atom. The van der Waals surface area contributed by atoms with E-state index in [4.69, 9.17) is 5.11 Å². The molecule has 1 unspecified atom stereocenters. The van der Waals surface area contributed by atoms with Gasteiger partial charge in [0, 0.05) is 12.1 Å². The Labute approximate surface area is 171 Å². The molecule has 0 radical (unpaired) electrons. The van der Waals surface area contributed by atoms with Crippen LogP contribution in [0.5, 0.6) is 0 Å². The molecule has 2 amide bonds. The van der Waals surface area contributed by atoms with E-state index in [0.29, 0.717) is 6.54 Å². The maximum absolute atomic E-state index is 12.3. The molecule has 3 N–H and O–H groups in total. The Hall–Kier alpha value is -2.86. The molecule has 0 aliphatic heterocycles. The van der Waals surface area contributed by atoms with E-state index in [9.17, 15) is 9.59 Å². The minimum absolute atomic E-state index is 0.0517. The molecule has 6 heteroatoms. The molecule has 0 heterocycles. The van der Waals surface area contributed by atoms with Gasteiger partial charge in [0.1, 0.15) is 0 Å². The van der Waals surface area contributed by atoms with Gasteiger partial charge in [-0.05, 0) is 43.0 Å². The molecule has 0 spiro atoms. The van der Waals surface area contributed by atoms with Gasteiger partial charge in [0.2, 0.25) is 0 Å². The summed E-state index contributed by atoms with van der Waals surface area (Å²) in [7, 11) is 0. The molecule has 0 bridgehead atoms. The average molecular weight is 396 g/mol. The Balaban J connectivity index is 1.46. The lowest BCUT2D eigenvalue weighted by molar-refractivity contribution is -0.139. The van der Waals surface area contributed by atoms with Crippen LogP contribution in [0.4, 0.5) is 4.79 Å². The Morgan fingerprint density at radius 2 is 1.69 bits per heavy atom. The Morgan fingerprint density at radius 1 is 1.07 bits per heavy atom. The van der Waals surface area contributed by atoms with Gasteiger partial charge < -0.3 is 15.7 Å². The summed E-state index contributed by atoms with van der Waals surface area (Å²) in [6.07, 6.45) is 1.57. The van der Waals surface area contributed by atoms with Crippen molar-refractivity contribution in [2.75, 3.05) is 13.1 Å². The largest absolute Gasteiger partial charge is 0.480 e. The van der Waals surface area contributed by atoms with E-state index in [-0.39, 0.29) is 30.7 Å². The van der Waals surface area contributed by atoms with E-state index >= 15 is 0 Å². The third kappa shape index (κ3) is 5.57. The number of hydrogen-bond donors (Lipinski definition) is 3. The van der Waals surface area contributed by atoms with Crippen LogP contribution in [-0.4, -0.2) is 47.2 Å². The van der Waals surface area contributed by atoms with Crippen LogP contribution in [0, 0.1) is 0 Å². The lowest BCUT2D eigenvalue weighted by atomic mass is 9.85. The summed E-state index contributed by atoms with van der Waals surface area (Å²) in [4.78, 5) is 25.2. The van der Waals surface area contributed by atoms with Crippen LogP contribution in [0.3, 0.4) is 0 Å². The first kappa shape index (κ1) is 20.9. The number of benzene rings is 2. The van der Waals surface area contributed by atoms with Gasteiger partial charge in [0.05, 0.1) is 12.6 Å². The van der Waals surface area contributed by atoms with Gasteiger partial charge in [-0.25, -0.2) is 4.79 Å². The van der Waals surface area contributed by atoms with E-state index in [1.165, 1.54) is 5.56 Å². The molecule has 1 fully saturated rings. The van der Waals surface area contributed by atoms with Crippen LogP contribution >= 0.6 is 0 Å². The highest BCUT2D eigenvalue weighted by Crippen LogP contribution is 2.26. The van der Waals surface area contributed by atoms with E-state index < -0.39 is 5.97 Å². The first-order valence-electron chi connectivity index (χ1n) is 10.1. The van der Waals surface area contributed by atoms with Crippen LogP contribution < -0.4 is 10.6 Å². The molecule has 1 saturated carbocycles. The molecule has 1 aliphatic carbocycles. The van der Waals surface area contributed by atoms with Gasteiger partial charge in [-0.3, -0.25) is 9.69 Å². The van der Waals surface area contributed by atoms with Crippen molar-refractivity contribution >= 4 is 12.0 Å². The predicted molar refractivity (Wildman–Crippen MR) is 114 cm³/mol. The topological polar surface area (TPSA) is 81.7 Å². The molecule has 0 aromatic heterocycles. The normalized spacial score (nSPS) is 19.3. The third-order valence-corrected chi connectivity index (χ3v) is 5.57. The van der Waals surface area contributed by atoms with Gasteiger partial charge in [-0.15, -0.1) is 0 Å². The zero-order valence-corrected chi connectivity index (χ0v) is 17.0. The van der Waals surface area contributed by atoms with E-state index in [0.717, 1.165) is 24.0 Å². The number of carbonyl (C=O) groups excluding carboxylic acids is 1. The lowest BCUT2D eigenvalue weighted by Crippen LogP contribution is -2.56. The minimum Gasteiger partial charge on any atom is -0.480 e. The van der Waals surface area contributed by atoms with E-state index in [1.807, 2.05) is 49.1 Å². The van der Waals surface area contributed by atoms with E-state index in [2.05, 4.69) is 34.9 Å². The summed E-state index contributed by atoms with van der Waals surface area (Å²) in [5, 5.41) is 14.9. The summed E-state index contributed by atoms with van der Waals surface area (Å²) in [5.41, 5.74) is 3.36. The maximum atomic E-state index is 12.3. The number of amides is 2. The quantitative estimate of drug-likeness (QED) is 0.637. The number of rotatable bonds is 8. The average Bonchev–Trinajstić information content (AvgIpc) is 2.69. The molecule has 2 aromatic carbocycles. The third-order valence-electron chi connectivity index (χ3n) is 5.57. The van der Waals surface area contributed by atoms with Crippen molar-refractivity contribution in [3.8, 4) is 11.1 Å². The minimum atomic E-state index is -0.812. The van der Waals surface area contributed by atoms with Crippen molar-refractivity contribution in [3.05, 3.63) is 60.2 Å². The molecular weight excluding hydrogens is 366 g/mol. The van der Waals surface area contributed by atoms with Gasteiger partial charge in [0.15, 0.2) is 0 Å². The standard InChI is InChI=1S/C23H29N3O3/c1-3-26(15-22(27)28)21-13-20(14-21)25-23(29)24-16(2)17-9-11-19(12-10-17)18-7-5-4-6-8-18/h4-12,16,20-21H,3,13-15H2,1-2H3,(H,27,28)(H2,24,25,29). The van der Waals surface area contributed by atoms with Crippen LogP contribution in [0.1, 0.15) is 38.3 Å². The number of likely N-dealkylation sites (N-methyl/N-ethyl adjacent to an activating group) is 1. The fraction of sp³-hybridized carbons (Fsp3) is 0.391. The van der Waals surface area contributed by atoms with Crippen molar-refractivity contribution in [2.24, 2.45) is 0 Å². The monoisotopic (exact) mass is 395 g/mol. The molecule has 2 aromatic rings. The first-order chi connectivity index (χ1) is 14.0. The maximum Gasteiger partial charge on any atom is 0.317 e. The second-order valence-corrected chi connectivity index (χ2v) is 7.61. The summed E-state index contributed by atoms with van der Waals surface area (Å²) in [5.74, 6) is -0.812. The lowest BCUT2D eigenvalue weighted by Gasteiger charge is -2.42. The second-order valence-electron chi connectivity index (χ2n) is 7.61. The zero-order valence-electron chi connectivity index (χ0n) is 17.0. The number of carboxylic acid groups (broad SMARTS) is 1. The first-order valence-corrected chi connectivity index (χ1v) is 10.1. The van der Waals surface area contributed by atoms with Crippen molar-refractivity contribution in [2.45, 2.75) is 44.8 Å². The summed E-state index contributed by atoms with van der Waals surface area (Å²) in [6.45, 7) is 4.68. The number of nitrogens with zero attached hydrogens (tertiary/aromatic N) is 1. The van der Waals surface area contributed by atoms with Gasteiger partial charge in [-0.1, -0.05) is 61.5 Å². The number of hydrogen-bond acceptors (Lipinski definition) is 3. The zero-order chi connectivity index (χ0) is 20.8. The molecule has 1 atom stereocenters. The van der Waals surface area contributed by atoms with Gasteiger partial charge in [0.25, 0.3) is 0 Å². The molecule has 0 saturated heterocycles. The van der Waals surface area contributed by atoms with Crippen molar-refractivity contribution in [1.29, 1.82) is 0 Å². The van der Waals surface area contributed by atoms with Gasteiger partial charge >= 0.3 is 12.0 Å². The molecule has 154 valence electrons. The molecule has 6 nitrogen and oxygen atoms in total. The SMILES string of the molecule is CCN(CC(=O)O)C1CC(NC(=O)NC(C)c2ccc(-c3ccccc3)cc2)C1. The number of aliphatic carboxylic acids is 1. The Bertz CT molecular complexity index is 817. The van der Waals surface area contributed by atoms with Crippen LogP contribution in [0.25, 0.3) is 11.1 Å². The second kappa shape index (κ2) is 9.56. The predicted octanol–water partition coefficient (Wildman–Crippen LogP) is 3.65. The highest BCUT2D eigenvalue weighted by atomic mass is 16.4. The molecule has 1 aliphatic rings. The number of carboxylic acids is 1. The molecular formula is C23H29N3O3. The van der Waals surface area contributed by atoms with Gasteiger partial charge in [-0.2, -0.15) is 0 Å². The summed E-state index contributed by atoms with van der Waals surface area (Å²) in [6, 6.07) is 18.4. The van der Waals surface area contributed by atoms with E-state index in [1.54, 1.807) is 0 Å². The van der Waals surface area contributed by atoms with Crippen molar-refractivity contribution in [1.82, 2.24) is 15.5 Å². The fourth-order valence-corrected chi connectivity index (χ4v) is 3.78. The number of nitrogens with one attached hydrogen (secondary N) is 2. The highest BCUT2D eigenvalue weighted by molar-refractivity contribution is 5.75. The summed E-state index contributed by atoms with van der Waals surface area (Å²) < 4.78 is 0. The molecule has 3 rings (SSSR count). The highest BCUT2D eigenvalue weighted by Gasteiger charge is 2.34. The van der Waals surface area contributed by atoms with Crippen LogP contribution in [-0.2, 0) is 4.79 Å². The molecule has 29 heavy (non-hydrogen) atoms. The number of urea groups is 1. The number of carbonyl (C=O) groups is 2. The smallest absolute Gasteiger partial charge is 0.317 e. The summed E-state index contributed by atoms with van der Waals surface area (Å²) >= 11 is 0. The fourth-order valence-electron chi connectivity index (χ4n) is 3.78. The van der Waals surface area contributed by atoms with Crippen molar-refractivity contribution in [3.63, 3.8) is 0 Å². The Kier molecular flexibility index (Phi) is 6.88.